The normalized spacial score (nSPS) is 14.8. The molecule has 0 atom stereocenters. The van der Waals surface area contributed by atoms with Crippen molar-refractivity contribution in [1.82, 2.24) is 15.0 Å². The van der Waals surface area contributed by atoms with Crippen LogP contribution >= 0.6 is 0 Å². The average Bonchev–Trinajstić information content (AvgIpc) is 3.62. The quantitative estimate of drug-likeness (QED) is 0.208. The van der Waals surface area contributed by atoms with Crippen LogP contribution in [0, 0.1) is 11.3 Å². The molecule has 2 heterocycles. The zero-order valence-corrected chi connectivity index (χ0v) is 24.6. The van der Waals surface area contributed by atoms with Gasteiger partial charge in [-0.1, -0.05) is 104 Å². The molecule has 5 heteroatoms. The van der Waals surface area contributed by atoms with Crippen LogP contribution in [-0.4, -0.2) is 15.0 Å². The largest absolute Gasteiger partial charge is 0.456 e. The fraction of sp³-hybridized carbons (Fsp3) is 0.150. The highest BCUT2D eigenvalue weighted by molar-refractivity contribution is 6.05. The minimum Gasteiger partial charge on any atom is -0.456 e. The maximum Gasteiger partial charge on any atom is 0.164 e. The third-order valence-electron chi connectivity index (χ3n) is 9.78. The van der Waals surface area contributed by atoms with Gasteiger partial charge in [0.2, 0.25) is 0 Å². The lowest BCUT2D eigenvalue weighted by Gasteiger charge is -2.36. The second-order valence-electron chi connectivity index (χ2n) is 12.2. The first-order chi connectivity index (χ1) is 22.2. The van der Waals surface area contributed by atoms with Crippen LogP contribution in [0.15, 0.2) is 114 Å². The third-order valence-corrected chi connectivity index (χ3v) is 9.78. The molecular formula is C40H28N4O. The molecule has 2 aliphatic rings. The Hall–Kier alpha value is -5.60. The number of rotatable bonds is 3. The molecule has 1 spiro atoms. The van der Waals surface area contributed by atoms with Gasteiger partial charge in [-0.25, -0.2) is 15.0 Å². The first-order valence-electron chi connectivity index (χ1n) is 15.6. The Morgan fingerprint density at radius 1 is 0.578 bits per heavy atom. The number of fused-ring (bicyclic) bond motifs is 8. The Morgan fingerprint density at radius 3 is 2.09 bits per heavy atom. The molecule has 5 aromatic carbocycles. The third kappa shape index (κ3) is 3.89. The summed E-state index contributed by atoms with van der Waals surface area (Å²) in [6.07, 6.45) is 5.77. The van der Waals surface area contributed by atoms with Crippen molar-refractivity contribution in [2.24, 2.45) is 0 Å². The summed E-state index contributed by atoms with van der Waals surface area (Å²) in [7, 11) is 0. The molecule has 0 saturated heterocycles. The van der Waals surface area contributed by atoms with Crippen LogP contribution in [0.25, 0.3) is 67.2 Å². The average molecular weight is 581 g/mol. The monoisotopic (exact) mass is 580 g/mol. The predicted molar refractivity (Wildman–Crippen MR) is 177 cm³/mol. The van der Waals surface area contributed by atoms with Gasteiger partial charge in [0, 0.05) is 38.4 Å². The van der Waals surface area contributed by atoms with E-state index in [1.54, 1.807) is 0 Å². The van der Waals surface area contributed by atoms with Crippen LogP contribution in [0.5, 0.6) is 0 Å². The molecule has 0 radical (unpaired) electrons. The number of hydrogen-bond acceptors (Lipinski definition) is 5. The zero-order chi connectivity index (χ0) is 30.0. The Balaban J connectivity index is 1.30. The molecule has 0 amide bonds. The zero-order valence-electron chi connectivity index (χ0n) is 24.6. The van der Waals surface area contributed by atoms with E-state index in [2.05, 4.69) is 48.5 Å². The number of para-hydroxylation sites is 1. The van der Waals surface area contributed by atoms with Crippen LogP contribution < -0.4 is 0 Å². The van der Waals surface area contributed by atoms with E-state index in [4.69, 9.17) is 19.4 Å². The first kappa shape index (κ1) is 25.9. The minimum absolute atomic E-state index is 0.0871. The summed E-state index contributed by atoms with van der Waals surface area (Å²) in [5.41, 5.74) is 9.69. The van der Waals surface area contributed by atoms with Crippen molar-refractivity contribution in [3.8, 4) is 51.4 Å². The topological polar surface area (TPSA) is 75.6 Å². The Labute approximate surface area is 260 Å². The van der Waals surface area contributed by atoms with Gasteiger partial charge in [-0.2, -0.15) is 5.26 Å². The fourth-order valence-electron chi connectivity index (χ4n) is 7.77. The van der Waals surface area contributed by atoms with Gasteiger partial charge >= 0.3 is 0 Å². The SMILES string of the molecule is N#Cc1cccc2c1-c1c(-c3nc(-c4ccccc4)nc(-c4ccc5c(c4)oc4ccccc45)n3)cccc1C21CCCCC1. The van der Waals surface area contributed by atoms with Gasteiger partial charge in [0.15, 0.2) is 17.5 Å². The van der Waals surface area contributed by atoms with E-state index in [0.717, 1.165) is 62.6 Å². The van der Waals surface area contributed by atoms with Crippen molar-refractivity contribution in [2.45, 2.75) is 37.5 Å². The highest BCUT2D eigenvalue weighted by Crippen LogP contribution is 2.58. The molecule has 0 bridgehead atoms. The number of aromatic nitrogens is 3. The second kappa shape index (κ2) is 9.97. The molecule has 2 aliphatic carbocycles. The molecule has 0 N–H and O–H groups in total. The van der Waals surface area contributed by atoms with E-state index in [-0.39, 0.29) is 5.41 Å². The Kier molecular flexibility index (Phi) is 5.73. The molecule has 0 aliphatic heterocycles. The summed E-state index contributed by atoms with van der Waals surface area (Å²) in [4.78, 5) is 15.3. The van der Waals surface area contributed by atoms with Gasteiger partial charge in [0.05, 0.1) is 11.6 Å². The first-order valence-corrected chi connectivity index (χ1v) is 15.6. The number of hydrogen-bond donors (Lipinski definition) is 0. The number of nitriles is 1. The van der Waals surface area contributed by atoms with E-state index in [1.165, 1.54) is 30.4 Å². The molecule has 7 aromatic rings. The molecular weight excluding hydrogens is 552 g/mol. The van der Waals surface area contributed by atoms with Gasteiger partial charge in [-0.15, -0.1) is 0 Å². The molecule has 214 valence electrons. The maximum absolute atomic E-state index is 10.3. The van der Waals surface area contributed by atoms with Crippen LogP contribution in [0.1, 0.15) is 48.8 Å². The summed E-state index contributed by atoms with van der Waals surface area (Å²) < 4.78 is 6.23. The van der Waals surface area contributed by atoms with Gasteiger partial charge in [-0.05, 0) is 53.8 Å². The molecule has 1 saturated carbocycles. The number of benzene rings is 5. The lowest BCUT2D eigenvalue weighted by Crippen LogP contribution is -2.28. The highest BCUT2D eigenvalue weighted by atomic mass is 16.3. The predicted octanol–water partition coefficient (Wildman–Crippen LogP) is 9.87. The van der Waals surface area contributed by atoms with Gasteiger partial charge in [-0.3, -0.25) is 0 Å². The molecule has 1 fully saturated rings. The smallest absolute Gasteiger partial charge is 0.164 e. The van der Waals surface area contributed by atoms with Crippen LogP contribution in [0.3, 0.4) is 0 Å². The fourth-order valence-corrected chi connectivity index (χ4v) is 7.77. The highest BCUT2D eigenvalue weighted by Gasteiger charge is 2.45. The second-order valence-corrected chi connectivity index (χ2v) is 12.2. The van der Waals surface area contributed by atoms with Crippen molar-refractivity contribution in [1.29, 1.82) is 5.26 Å². The van der Waals surface area contributed by atoms with Crippen LogP contribution in [0.2, 0.25) is 0 Å². The summed E-state index contributed by atoms with van der Waals surface area (Å²) in [6, 6.07) is 39.6. The summed E-state index contributed by atoms with van der Waals surface area (Å²) >= 11 is 0. The minimum atomic E-state index is -0.0871. The van der Waals surface area contributed by atoms with Crippen LogP contribution in [-0.2, 0) is 5.41 Å². The Bertz CT molecular complexity index is 2320. The van der Waals surface area contributed by atoms with E-state index in [9.17, 15) is 5.26 Å². The molecule has 2 aromatic heterocycles. The molecule has 45 heavy (non-hydrogen) atoms. The lowest BCUT2D eigenvalue weighted by atomic mass is 9.67. The van der Waals surface area contributed by atoms with E-state index in [0.29, 0.717) is 23.0 Å². The van der Waals surface area contributed by atoms with E-state index in [1.807, 2.05) is 66.7 Å². The van der Waals surface area contributed by atoms with E-state index < -0.39 is 0 Å². The van der Waals surface area contributed by atoms with Gasteiger partial charge in [0.1, 0.15) is 11.2 Å². The van der Waals surface area contributed by atoms with Gasteiger partial charge < -0.3 is 4.42 Å². The number of furan rings is 1. The van der Waals surface area contributed by atoms with E-state index >= 15 is 0 Å². The standard InChI is InChI=1S/C40H28N4O/c41-24-27-13-9-16-31-35(27)36-30(15-10-17-32(36)40(31)21-7-2-8-22-40)39-43-37(25-11-3-1-4-12-25)42-38(44-39)26-19-20-29-28-14-5-6-18-33(28)45-34(29)23-26/h1,3-6,9-20,23H,2,7-8,21-22H2. The Morgan fingerprint density at radius 2 is 1.27 bits per heavy atom. The number of nitrogens with zero attached hydrogens (tertiary/aromatic N) is 4. The van der Waals surface area contributed by atoms with Crippen molar-refractivity contribution in [3.63, 3.8) is 0 Å². The summed E-state index contributed by atoms with van der Waals surface area (Å²) in [5, 5.41) is 12.4. The summed E-state index contributed by atoms with van der Waals surface area (Å²) in [6.45, 7) is 0. The molecule has 5 nitrogen and oxygen atoms in total. The van der Waals surface area contributed by atoms with Crippen molar-refractivity contribution in [3.05, 3.63) is 126 Å². The lowest BCUT2D eigenvalue weighted by molar-refractivity contribution is 0.353. The maximum atomic E-state index is 10.3. The van der Waals surface area contributed by atoms with Crippen molar-refractivity contribution in [2.75, 3.05) is 0 Å². The van der Waals surface area contributed by atoms with Crippen molar-refractivity contribution >= 4 is 21.9 Å². The molecule has 9 rings (SSSR count). The van der Waals surface area contributed by atoms with Gasteiger partial charge in [0.25, 0.3) is 0 Å². The van der Waals surface area contributed by atoms with Crippen molar-refractivity contribution < 1.29 is 4.42 Å². The molecule has 0 unspecified atom stereocenters. The van der Waals surface area contributed by atoms with Crippen LogP contribution in [0.4, 0.5) is 0 Å². The summed E-state index contributed by atoms with van der Waals surface area (Å²) in [5.74, 6) is 1.79.